The topological polar surface area (TPSA) is 46.6 Å². The smallest absolute Gasteiger partial charge is 0.422 e. The van der Waals surface area contributed by atoms with Crippen molar-refractivity contribution < 1.29 is 27.5 Å². The van der Waals surface area contributed by atoms with Gasteiger partial charge >= 0.3 is 6.18 Å². The molecule has 0 bridgehead atoms. The van der Waals surface area contributed by atoms with Gasteiger partial charge in [0.2, 0.25) is 0 Å². The maximum absolute atomic E-state index is 12.0. The molecule has 106 valence electrons. The second-order valence-electron chi connectivity index (χ2n) is 4.13. The number of amides is 2. The Balaban J connectivity index is 2.02. The second-order valence-corrected chi connectivity index (χ2v) is 4.13. The number of benzene rings is 1. The van der Waals surface area contributed by atoms with Crippen molar-refractivity contribution in [2.75, 3.05) is 6.61 Å². The third-order valence-electron chi connectivity index (χ3n) is 2.55. The molecule has 20 heavy (non-hydrogen) atoms. The van der Waals surface area contributed by atoms with Crippen LogP contribution in [0.2, 0.25) is 0 Å². The number of nitrogens with zero attached hydrogens (tertiary/aromatic N) is 1. The minimum absolute atomic E-state index is 0.00607. The molecule has 0 unspecified atom stereocenters. The first-order chi connectivity index (χ1) is 9.37. The van der Waals surface area contributed by atoms with Gasteiger partial charge in [-0.3, -0.25) is 14.5 Å². The van der Waals surface area contributed by atoms with Crippen LogP contribution in [0.25, 0.3) is 0 Å². The van der Waals surface area contributed by atoms with E-state index in [9.17, 15) is 22.8 Å². The van der Waals surface area contributed by atoms with E-state index in [4.69, 9.17) is 0 Å². The first-order valence-electron chi connectivity index (χ1n) is 5.68. The standard InChI is InChI=1S/C13H10F3NO3/c14-13(15,16)8-20-10-6-11(18)17(12(10)19)7-9-4-2-1-3-5-9/h1-6H,7-8H2. The molecule has 0 aromatic heterocycles. The molecule has 0 N–H and O–H groups in total. The van der Waals surface area contributed by atoms with Gasteiger partial charge in [-0.2, -0.15) is 13.2 Å². The average Bonchev–Trinajstić information content (AvgIpc) is 2.64. The molecule has 1 aromatic carbocycles. The third-order valence-corrected chi connectivity index (χ3v) is 2.55. The van der Waals surface area contributed by atoms with E-state index in [1.54, 1.807) is 30.3 Å². The van der Waals surface area contributed by atoms with Gasteiger partial charge in [0, 0.05) is 0 Å². The van der Waals surface area contributed by atoms with Crippen LogP contribution in [0.15, 0.2) is 42.2 Å². The normalized spacial score (nSPS) is 15.6. The van der Waals surface area contributed by atoms with E-state index in [0.717, 1.165) is 11.0 Å². The highest BCUT2D eigenvalue weighted by atomic mass is 19.4. The van der Waals surface area contributed by atoms with Gasteiger partial charge in [0.25, 0.3) is 11.8 Å². The van der Waals surface area contributed by atoms with E-state index in [1.165, 1.54) is 0 Å². The highest BCUT2D eigenvalue weighted by molar-refractivity contribution is 6.15. The monoisotopic (exact) mass is 285 g/mol. The Morgan fingerprint density at radius 1 is 1.10 bits per heavy atom. The summed E-state index contributed by atoms with van der Waals surface area (Å²) >= 11 is 0. The van der Waals surface area contributed by atoms with Gasteiger partial charge in [-0.25, -0.2) is 0 Å². The van der Waals surface area contributed by atoms with Crippen molar-refractivity contribution >= 4 is 11.8 Å². The predicted octanol–water partition coefficient (Wildman–Crippen LogP) is 2.02. The van der Waals surface area contributed by atoms with Gasteiger partial charge in [0.1, 0.15) is 0 Å². The van der Waals surface area contributed by atoms with Crippen molar-refractivity contribution in [1.29, 1.82) is 0 Å². The lowest BCUT2D eigenvalue weighted by molar-refractivity contribution is -0.167. The highest BCUT2D eigenvalue weighted by Gasteiger charge is 2.36. The summed E-state index contributed by atoms with van der Waals surface area (Å²) in [4.78, 5) is 24.2. The molecule has 1 aliphatic heterocycles. The first kappa shape index (κ1) is 14.1. The number of alkyl halides is 3. The molecule has 0 radical (unpaired) electrons. The van der Waals surface area contributed by atoms with Gasteiger partial charge in [-0.1, -0.05) is 30.3 Å². The quantitative estimate of drug-likeness (QED) is 0.795. The highest BCUT2D eigenvalue weighted by Crippen LogP contribution is 2.21. The first-order valence-corrected chi connectivity index (χ1v) is 5.68. The number of carbonyl (C=O) groups is 2. The van der Waals surface area contributed by atoms with Crippen LogP contribution in [0.5, 0.6) is 0 Å². The molecule has 0 fully saturated rings. The summed E-state index contributed by atoms with van der Waals surface area (Å²) in [6, 6.07) is 8.64. The van der Waals surface area contributed by atoms with Crippen molar-refractivity contribution in [2.24, 2.45) is 0 Å². The minimum atomic E-state index is -4.56. The zero-order chi connectivity index (χ0) is 14.8. The van der Waals surface area contributed by atoms with Gasteiger partial charge in [-0.05, 0) is 5.56 Å². The van der Waals surface area contributed by atoms with Gasteiger partial charge in [-0.15, -0.1) is 0 Å². The zero-order valence-electron chi connectivity index (χ0n) is 10.2. The number of rotatable bonds is 4. The molecule has 0 spiro atoms. The molecule has 7 heteroatoms. The molecule has 0 atom stereocenters. The molecule has 0 saturated carbocycles. The molecular weight excluding hydrogens is 275 g/mol. The summed E-state index contributed by atoms with van der Waals surface area (Å²) in [6.07, 6.45) is -3.78. The van der Waals surface area contributed by atoms with Gasteiger partial charge < -0.3 is 4.74 Å². The fourth-order valence-electron chi connectivity index (χ4n) is 1.66. The van der Waals surface area contributed by atoms with Crippen LogP contribution < -0.4 is 0 Å². The van der Waals surface area contributed by atoms with Crippen molar-refractivity contribution in [2.45, 2.75) is 12.7 Å². The SMILES string of the molecule is O=C1C=C(OCC(F)(F)F)C(=O)N1Cc1ccccc1. The zero-order valence-corrected chi connectivity index (χ0v) is 10.2. The second kappa shape index (κ2) is 5.36. The largest absolute Gasteiger partial charge is 0.478 e. The van der Waals surface area contributed by atoms with Crippen LogP contribution in [0.1, 0.15) is 5.56 Å². The lowest BCUT2D eigenvalue weighted by Crippen LogP contribution is -2.31. The van der Waals surface area contributed by atoms with Crippen molar-refractivity contribution in [3.8, 4) is 0 Å². The Labute approximate surface area is 112 Å². The van der Waals surface area contributed by atoms with Crippen LogP contribution in [-0.4, -0.2) is 29.5 Å². The Hall–Kier alpha value is -2.31. The van der Waals surface area contributed by atoms with E-state index >= 15 is 0 Å². The maximum atomic E-state index is 12.0. The van der Waals surface area contributed by atoms with Crippen LogP contribution >= 0.6 is 0 Å². The third kappa shape index (κ3) is 3.37. The number of ether oxygens (including phenoxy) is 1. The van der Waals surface area contributed by atoms with Crippen LogP contribution in [0, 0.1) is 0 Å². The molecule has 0 saturated heterocycles. The van der Waals surface area contributed by atoms with Crippen LogP contribution in [0.3, 0.4) is 0 Å². The number of hydrogen-bond acceptors (Lipinski definition) is 3. The number of carbonyl (C=O) groups excluding carboxylic acids is 2. The summed E-state index contributed by atoms with van der Waals surface area (Å²) < 4.78 is 40.4. The molecule has 2 rings (SSSR count). The van der Waals surface area contributed by atoms with E-state index in [1.807, 2.05) is 0 Å². The summed E-state index contributed by atoms with van der Waals surface area (Å²) in [5.41, 5.74) is 0.694. The van der Waals surface area contributed by atoms with Crippen molar-refractivity contribution in [3.05, 3.63) is 47.7 Å². The maximum Gasteiger partial charge on any atom is 0.422 e. The van der Waals surface area contributed by atoms with E-state index in [0.29, 0.717) is 5.56 Å². The van der Waals surface area contributed by atoms with Gasteiger partial charge in [0.15, 0.2) is 12.4 Å². The minimum Gasteiger partial charge on any atom is -0.478 e. The van der Waals surface area contributed by atoms with Crippen molar-refractivity contribution in [1.82, 2.24) is 4.90 Å². The van der Waals surface area contributed by atoms with Crippen LogP contribution in [-0.2, 0) is 20.9 Å². The molecular formula is C13H10F3NO3. The molecule has 1 heterocycles. The predicted molar refractivity (Wildman–Crippen MR) is 62.1 cm³/mol. The Morgan fingerprint density at radius 3 is 2.35 bits per heavy atom. The summed E-state index contributed by atoms with van der Waals surface area (Å²) in [5, 5.41) is 0. The molecule has 2 amide bonds. The molecule has 0 aliphatic carbocycles. The Kier molecular flexibility index (Phi) is 3.78. The molecule has 1 aliphatic rings. The van der Waals surface area contributed by atoms with E-state index in [2.05, 4.69) is 4.74 Å². The Bertz CT molecular complexity index is 552. The van der Waals surface area contributed by atoms with E-state index in [-0.39, 0.29) is 6.54 Å². The van der Waals surface area contributed by atoms with Crippen LogP contribution in [0.4, 0.5) is 13.2 Å². The number of hydrogen-bond donors (Lipinski definition) is 0. The number of imide groups is 1. The Morgan fingerprint density at radius 2 is 1.75 bits per heavy atom. The fraction of sp³-hybridized carbons (Fsp3) is 0.231. The van der Waals surface area contributed by atoms with Crippen molar-refractivity contribution in [3.63, 3.8) is 0 Å². The lowest BCUT2D eigenvalue weighted by atomic mass is 10.2. The molecule has 4 nitrogen and oxygen atoms in total. The molecule has 1 aromatic rings. The fourth-order valence-corrected chi connectivity index (χ4v) is 1.66. The van der Waals surface area contributed by atoms with E-state index < -0.39 is 30.4 Å². The van der Waals surface area contributed by atoms with Gasteiger partial charge in [0.05, 0.1) is 12.6 Å². The average molecular weight is 285 g/mol. The number of halogens is 3. The summed E-state index contributed by atoms with van der Waals surface area (Å²) in [5.74, 6) is -2.12. The summed E-state index contributed by atoms with van der Waals surface area (Å²) in [6.45, 7) is -1.61. The lowest BCUT2D eigenvalue weighted by Gasteiger charge is -2.15. The summed E-state index contributed by atoms with van der Waals surface area (Å²) in [7, 11) is 0.